The number of carbonyl (C=O) groups is 1. The molecule has 0 saturated carbocycles. The van der Waals surface area contributed by atoms with Gasteiger partial charge in [-0.25, -0.2) is 4.79 Å². The van der Waals surface area contributed by atoms with Gasteiger partial charge in [0.05, 0.1) is 18.5 Å². The lowest BCUT2D eigenvalue weighted by molar-refractivity contribution is 0.0636. The third-order valence-corrected chi connectivity index (χ3v) is 3.02. The predicted molar refractivity (Wildman–Crippen MR) is 92.4 cm³/mol. The van der Waals surface area contributed by atoms with Gasteiger partial charge in [0, 0.05) is 25.8 Å². The van der Waals surface area contributed by atoms with E-state index in [1.807, 2.05) is 26.8 Å². The Kier molecular flexibility index (Phi) is 7.16. The van der Waals surface area contributed by atoms with Crippen molar-refractivity contribution in [3.05, 3.63) is 18.2 Å². The van der Waals surface area contributed by atoms with E-state index >= 15 is 0 Å². The molecule has 1 atom stereocenters. The number of nitrogens with one attached hydrogen (secondary N) is 2. The fraction of sp³-hybridized carbons (Fsp3) is 0.588. The van der Waals surface area contributed by atoms with Crippen molar-refractivity contribution in [3.63, 3.8) is 0 Å². The summed E-state index contributed by atoms with van der Waals surface area (Å²) in [6, 6.07) is 5.60. The molecular weight excluding hydrogens is 296 g/mol. The average molecular weight is 324 g/mol. The highest BCUT2D eigenvalue weighted by molar-refractivity contribution is 5.90. The largest absolute Gasteiger partial charge is 0.497 e. The maximum Gasteiger partial charge on any atom is 0.412 e. The molecule has 0 aliphatic carbocycles. The predicted octanol–water partition coefficient (Wildman–Crippen LogP) is 3.88. The Morgan fingerprint density at radius 1 is 1.22 bits per heavy atom. The maximum absolute atomic E-state index is 12.0. The third kappa shape index (κ3) is 7.23. The van der Waals surface area contributed by atoms with Crippen LogP contribution in [0.2, 0.25) is 0 Å². The summed E-state index contributed by atoms with van der Waals surface area (Å²) in [4.78, 5) is 12.0. The molecule has 6 heteroatoms. The highest BCUT2D eigenvalue weighted by atomic mass is 16.6. The third-order valence-electron chi connectivity index (χ3n) is 3.02. The second-order valence-electron chi connectivity index (χ2n) is 6.37. The second-order valence-corrected chi connectivity index (χ2v) is 6.37. The second kappa shape index (κ2) is 8.62. The fourth-order valence-electron chi connectivity index (χ4n) is 1.92. The van der Waals surface area contributed by atoms with Crippen molar-refractivity contribution >= 4 is 17.5 Å². The number of methoxy groups -OCH3 is 2. The van der Waals surface area contributed by atoms with Crippen LogP contribution in [0.5, 0.6) is 5.75 Å². The van der Waals surface area contributed by atoms with Gasteiger partial charge in [0.15, 0.2) is 0 Å². The molecule has 0 heterocycles. The molecule has 6 nitrogen and oxygen atoms in total. The van der Waals surface area contributed by atoms with Gasteiger partial charge in [-0.3, -0.25) is 5.32 Å². The molecule has 1 aromatic carbocycles. The smallest absolute Gasteiger partial charge is 0.412 e. The summed E-state index contributed by atoms with van der Waals surface area (Å²) in [7, 11) is 3.28. The highest BCUT2D eigenvalue weighted by Crippen LogP contribution is 2.28. The van der Waals surface area contributed by atoms with E-state index in [1.54, 1.807) is 26.4 Å². The van der Waals surface area contributed by atoms with Gasteiger partial charge in [-0.15, -0.1) is 0 Å². The van der Waals surface area contributed by atoms with Crippen molar-refractivity contribution < 1.29 is 19.0 Å². The lowest BCUT2D eigenvalue weighted by atomic mass is 10.2. The molecular formula is C17H28N2O4. The lowest BCUT2D eigenvalue weighted by Crippen LogP contribution is -2.27. The molecule has 0 bridgehead atoms. The number of anilines is 2. The number of ether oxygens (including phenoxy) is 3. The Balaban J connectivity index is 2.86. The number of benzene rings is 1. The van der Waals surface area contributed by atoms with Crippen LogP contribution in [0.25, 0.3) is 0 Å². The first-order valence-electron chi connectivity index (χ1n) is 7.68. The van der Waals surface area contributed by atoms with Crippen LogP contribution >= 0.6 is 0 Å². The number of rotatable bonds is 7. The van der Waals surface area contributed by atoms with Gasteiger partial charge in [0.2, 0.25) is 0 Å². The summed E-state index contributed by atoms with van der Waals surface area (Å²) in [6.45, 7) is 8.19. The molecule has 1 amide bonds. The zero-order chi connectivity index (χ0) is 17.5. The molecule has 1 unspecified atom stereocenters. The molecule has 0 fully saturated rings. The lowest BCUT2D eigenvalue weighted by Gasteiger charge is -2.22. The molecule has 0 aliphatic heterocycles. The van der Waals surface area contributed by atoms with Crippen LogP contribution in [0.1, 0.15) is 34.1 Å². The molecule has 2 N–H and O–H groups in total. The molecule has 0 aromatic heterocycles. The van der Waals surface area contributed by atoms with Crippen LogP contribution in [-0.4, -0.2) is 38.6 Å². The monoisotopic (exact) mass is 324 g/mol. The normalized spacial score (nSPS) is 12.4. The summed E-state index contributed by atoms with van der Waals surface area (Å²) < 4.78 is 15.6. The molecule has 130 valence electrons. The van der Waals surface area contributed by atoms with Gasteiger partial charge >= 0.3 is 6.09 Å². The minimum atomic E-state index is -0.546. The molecule has 1 aromatic rings. The number of carbonyl (C=O) groups excluding carboxylic acids is 1. The molecule has 0 radical (unpaired) electrons. The first-order chi connectivity index (χ1) is 10.7. The van der Waals surface area contributed by atoms with Gasteiger partial charge in [-0.05, 0) is 46.2 Å². The number of amides is 1. The van der Waals surface area contributed by atoms with Gasteiger partial charge < -0.3 is 19.5 Å². The summed E-state index contributed by atoms with van der Waals surface area (Å²) in [5.41, 5.74) is 0.874. The fourth-order valence-corrected chi connectivity index (χ4v) is 1.92. The van der Waals surface area contributed by atoms with E-state index in [2.05, 4.69) is 17.6 Å². The zero-order valence-corrected chi connectivity index (χ0v) is 14.9. The van der Waals surface area contributed by atoms with Crippen LogP contribution < -0.4 is 15.4 Å². The minimum Gasteiger partial charge on any atom is -0.497 e. The van der Waals surface area contributed by atoms with E-state index in [4.69, 9.17) is 14.2 Å². The van der Waals surface area contributed by atoms with Gasteiger partial charge in [0.25, 0.3) is 0 Å². The Morgan fingerprint density at radius 2 is 1.91 bits per heavy atom. The van der Waals surface area contributed by atoms with Gasteiger partial charge in [-0.1, -0.05) is 0 Å². The van der Waals surface area contributed by atoms with E-state index in [1.165, 1.54) is 0 Å². The van der Waals surface area contributed by atoms with E-state index in [9.17, 15) is 4.79 Å². The first kappa shape index (κ1) is 19.1. The van der Waals surface area contributed by atoms with Gasteiger partial charge in [-0.2, -0.15) is 0 Å². The van der Waals surface area contributed by atoms with Gasteiger partial charge in [0.1, 0.15) is 11.4 Å². The van der Waals surface area contributed by atoms with E-state index in [-0.39, 0.29) is 6.04 Å². The van der Waals surface area contributed by atoms with Crippen LogP contribution in [0.3, 0.4) is 0 Å². The SMILES string of the molecule is COCCC(C)Nc1cc(OC)ccc1NC(=O)OC(C)(C)C. The number of hydrogen-bond donors (Lipinski definition) is 2. The standard InChI is InChI=1S/C17H28N2O4/c1-12(9-10-21-5)18-15-11-13(22-6)7-8-14(15)19-16(20)23-17(2,3)4/h7-8,11-12,18H,9-10H2,1-6H3,(H,19,20). The summed E-state index contributed by atoms with van der Waals surface area (Å²) >= 11 is 0. The van der Waals surface area contributed by atoms with E-state index < -0.39 is 11.7 Å². The summed E-state index contributed by atoms with van der Waals surface area (Å²) in [5.74, 6) is 0.709. The quantitative estimate of drug-likeness (QED) is 0.796. The summed E-state index contributed by atoms with van der Waals surface area (Å²) in [5, 5.41) is 6.13. The molecule has 23 heavy (non-hydrogen) atoms. The summed E-state index contributed by atoms with van der Waals surface area (Å²) in [6.07, 6.45) is 0.356. The number of hydrogen-bond acceptors (Lipinski definition) is 5. The van der Waals surface area contributed by atoms with Crippen molar-refractivity contribution in [3.8, 4) is 5.75 Å². The first-order valence-corrected chi connectivity index (χ1v) is 7.68. The minimum absolute atomic E-state index is 0.182. The van der Waals surface area contributed by atoms with Crippen LogP contribution in [0.4, 0.5) is 16.2 Å². The van der Waals surface area contributed by atoms with Crippen molar-refractivity contribution in [2.45, 2.75) is 45.8 Å². The van der Waals surface area contributed by atoms with E-state index in [0.717, 1.165) is 12.1 Å². The van der Waals surface area contributed by atoms with Crippen molar-refractivity contribution in [2.75, 3.05) is 31.5 Å². The zero-order valence-electron chi connectivity index (χ0n) is 14.9. The molecule has 0 spiro atoms. The highest BCUT2D eigenvalue weighted by Gasteiger charge is 2.18. The van der Waals surface area contributed by atoms with Crippen molar-refractivity contribution in [1.82, 2.24) is 0 Å². The van der Waals surface area contributed by atoms with Crippen molar-refractivity contribution in [2.24, 2.45) is 0 Å². The Morgan fingerprint density at radius 3 is 2.48 bits per heavy atom. The van der Waals surface area contributed by atoms with Crippen molar-refractivity contribution in [1.29, 1.82) is 0 Å². The Bertz CT molecular complexity index is 512. The van der Waals surface area contributed by atoms with E-state index in [0.29, 0.717) is 18.0 Å². The maximum atomic E-state index is 12.0. The topological polar surface area (TPSA) is 68.8 Å². The molecule has 0 aliphatic rings. The Hall–Kier alpha value is -1.95. The average Bonchev–Trinajstić information content (AvgIpc) is 2.45. The van der Waals surface area contributed by atoms with Crippen LogP contribution in [0.15, 0.2) is 18.2 Å². The Labute approximate surface area is 138 Å². The molecule has 0 saturated heterocycles. The van der Waals surface area contributed by atoms with Crippen LogP contribution in [-0.2, 0) is 9.47 Å². The molecule has 1 rings (SSSR count). The van der Waals surface area contributed by atoms with Crippen LogP contribution in [0, 0.1) is 0 Å².